The van der Waals surface area contributed by atoms with E-state index in [0.29, 0.717) is 0 Å². The first-order chi connectivity index (χ1) is 11.1. The highest BCUT2D eigenvalue weighted by molar-refractivity contribution is 5.46. The van der Waals surface area contributed by atoms with Crippen molar-refractivity contribution in [1.82, 2.24) is 14.9 Å². The summed E-state index contributed by atoms with van der Waals surface area (Å²) in [7, 11) is 4.13. The molecule has 23 heavy (non-hydrogen) atoms. The van der Waals surface area contributed by atoms with Crippen LogP contribution in [-0.2, 0) is 6.42 Å². The summed E-state index contributed by atoms with van der Waals surface area (Å²) in [4.78, 5) is 10.6. The minimum atomic E-state index is -0.206. The molecule has 6 heteroatoms. The van der Waals surface area contributed by atoms with E-state index in [1.54, 1.807) is 18.5 Å². The molecule has 0 fully saturated rings. The van der Waals surface area contributed by atoms with E-state index in [1.165, 1.54) is 12.1 Å². The van der Waals surface area contributed by atoms with Gasteiger partial charge in [0.1, 0.15) is 23.8 Å². The van der Waals surface area contributed by atoms with Crippen molar-refractivity contribution in [1.29, 1.82) is 0 Å². The molecule has 124 valence electrons. The molecule has 0 aliphatic heterocycles. The third-order valence-electron chi connectivity index (χ3n) is 3.39. The lowest BCUT2D eigenvalue weighted by atomic mass is 10.1. The highest BCUT2D eigenvalue weighted by atomic mass is 19.1. The zero-order valence-corrected chi connectivity index (χ0v) is 13.7. The molecule has 0 saturated carbocycles. The molecule has 1 aromatic heterocycles. The quantitative estimate of drug-likeness (QED) is 0.696. The molecule has 2 rings (SSSR count). The first-order valence-corrected chi connectivity index (χ1v) is 7.82. The molecule has 1 heterocycles. The topological polar surface area (TPSA) is 53.1 Å². The van der Waals surface area contributed by atoms with Crippen LogP contribution in [0, 0.1) is 5.82 Å². The van der Waals surface area contributed by atoms with Crippen molar-refractivity contribution < 1.29 is 4.39 Å². The summed E-state index contributed by atoms with van der Waals surface area (Å²) in [5, 5.41) is 6.56. The third kappa shape index (κ3) is 6.61. The molecule has 0 aliphatic carbocycles. The maximum absolute atomic E-state index is 12.8. The van der Waals surface area contributed by atoms with E-state index >= 15 is 0 Å². The molecule has 2 N–H and O–H groups in total. The normalized spacial score (nSPS) is 10.8. The van der Waals surface area contributed by atoms with Crippen LogP contribution in [0.3, 0.4) is 0 Å². The lowest BCUT2D eigenvalue weighted by Gasteiger charge is -2.11. The van der Waals surface area contributed by atoms with Gasteiger partial charge in [0.2, 0.25) is 0 Å². The van der Waals surface area contributed by atoms with Gasteiger partial charge in [0.25, 0.3) is 0 Å². The van der Waals surface area contributed by atoms with Crippen LogP contribution in [0.25, 0.3) is 0 Å². The van der Waals surface area contributed by atoms with Gasteiger partial charge in [-0.05, 0) is 51.2 Å². The molecule has 0 radical (unpaired) electrons. The largest absolute Gasteiger partial charge is 0.370 e. The predicted octanol–water partition coefficient (Wildman–Crippen LogP) is 2.63. The van der Waals surface area contributed by atoms with Gasteiger partial charge in [0.05, 0.1) is 0 Å². The highest BCUT2D eigenvalue weighted by Crippen LogP contribution is 2.09. The third-order valence-corrected chi connectivity index (χ3v) is 3.39. The summed E-state index contributed by atoms with van der Waals surface area (Å²) in [6.45, 7) is 2.66. The Morgan fingerprint density at radius 1 is 1.00 bits per heavy atom. The van der Waals surface area contributed by atoms with E-state index in [-0.39, 0.29) is 5.82 Å². The first-order valence-electron chi connectivity index (χ1n) is 7.82. The first kappa shape index (κ1) is 17.1. The Balaban J connectivity index is 1.74. The van der Waals surface area contributed by atoms with E-state index < -0.39 is 0 Å². The molecule has 0 unspecified atom stereocenters. The van der Waals surface area contributed by atoms with Crippen molar-refractivity contribution in [3.05, 3.63) is 48.0 Å². The summed E-state index contributed by atoms with van der Waals surface area (Å²) in [5.74, 6) is 1.41. The van der Waals surface area contributed by atoms with Gasteiger partial charge in [-0.15, -0.1) is 0 Å². The smallest absolute Gasteiger partial charge is 0.131 e. The van der Waals surface area contributed by atoms with Gasteiger partial charge in [-0.3, -0.25) is 0 Å². The zero-order chi connectivity index (χ0) is 16.5. The molecule has 0 atom stereocenters. The van der Waals surface area contributed by atoms with Gasteiger partial charge < -0.3 is 15.5 Å². The Kier molecular flexibility index (Phi) is 6.75. The lowest BCUT2D eigenvalue weighted by Crippen LogP contribution is -2.16. The molecular weight excluding hydrogens is 293 g/mol. The number of aromatic nitrogens is 2. The van der Waals surface area contributed by atoms with Gasteiger partial charge in [-0.25, -0.2) is 14.4 Å². The maximum atomic E-state index is 12.8. The average Bonchev–Trinajstić information content (AvgIpc) is 2.54. The number of rotatable bonds is 9. The molecule has 0 amide bonds. The summed E-state index contributed by atoms with van der Waals surface area (Å²) in [6.07, 6.45) is 3.43. The van der Waals surface area contributed by atoms with Crippen molar-refractivity contribution in [2.75, 3.05) is 44.4 Å². The minimum Gasteiger partial charge on any atom is -0.370 e. The number of hydrogen-bond donors (Lipinski definition) is 2. The summed E-state index contributed by atoms with van der Waals surface area (Å²) >= 11 is 0. The van der Waals surface area contributed by atoms with Gasteiger partial charge in [0, 0.05) is 19.2 Å². The number of halogens is 1. The summed E-state index contributed by atoms with van der Waals surface area (Å²) < 4.78 is 12.8. The summed E-state index contributed by atoms with van der Waals surface area (Å²) in [5.41, 5.74) is 1.09. The monoisotopic (exact) mass is 317 g/mol. The number of nitrogens with zero attached hydrogens (tertiary/aromatic N) is 3. The van der Waals surface area contributed by atoms with Gasteiger partial charge in [-0.1, -0.05) is 12.1 Å². The second-order valence-electron chi connectivity index (χ2n) is 5.68. The fourth-order valence-electron chi connectivity index (χ4n) is 2.15. The van der Waals surface area contributed by atoms with Crippen molar-refractivity contribution >= 4 is 11.6 Å². The molecule has 0 saturated heterocycles. The van der Waals surface area contributed by atoms with Crippen LogP contribution >= 0.6 is 0 Å². The van der Waals surface area contributed by atoms with Gasteiger partial charge >= 0.3 is 0 Å². The second kappa shape index (κ2) is 9.05. The standard InChI is InChI=1S/C17H24FN5/c1-23(2)11-3-9-19-16-12-17(22-13-21-16)20-10-8-14-4-6-15(18)7-5-14/h4-7,12-13H,3,8-11H2,1-2H3,(H2,19,20,21,22). The zero-order valence-electron chi connectivity index (χ0n) is 13.7. The number of nitrogens with one attached hydrogen (secondary N) is 2. The van der Waals surface area contributed by atoms with Crippen molar-refractivity contribution in [2.24, 2.45) is 0 Å². The second-order valence-corrected chi connectivity index (χ2v) is 5.68. The maximum Gasteiger partial charge on any atom is 0.131 e. The van der Waals surface area contributed by atoms with E-state index in [2.05, 4.69) is 39.6 Å². The molecule has 0 bridgehead atoms. The van der Waals surface area contributed by atoms with Gasteiger partial charge in [-0.2, -0.15) is 0 Å². The Labute approximate surface area is 137 Å². The van der Waals surface area contributed by atoms with Crippen LogP contribution in [0.1, 0.15) is 12.0 Å². The van der Waals surface area contributed by atoms with Gasteiger partial charge in [0.15, 0.2) is 0 Å². The van der Waals surface area contributed by atoms with Crippen LogP contribution in [0.5, 0.6) is 0 Å². The lowest BCUT2D eigenvalue weighted by molar-refractivity contribution is 0.405. The highest BCUT2D eigenvalue weighted by Gasteiger charge is 1.99. The van der Waals surface area contributed by atoms with Crippen LogP contribution in [-0.4, -0.2) is 48.6 Å². The fourth-order valence-corrected chi connectivity index (χ4v) is 2.15. The Morgan fingerprint density at radius 3 is 2.30 bits per heavy atom. The minimum absolute atomic E-state index is 0.206. The van der Waals surface area contributed by atoms with E-state index in [9.17, 15) is 4.39 Å². The molecule has 0 spiro atoms. The molecule has 2 aromatic rings. The Bertz CT molecular complexity index is 586. The predicted molar refractivity (Wildman–Crippen MR) is 92.3 cm³/mol. The van der Waals surface area contributed by atoms with E-state index in [0.717, 1.165) is 49.7 Å². The average molecular weight is 317 g/mol. The van der Waals surface area contributed by atoms with Crippen LogP contribution in [0.4, 0.5) is 16.0 Å². The Morgan fingerprint density at radius 2 is 1.65 bits per heavy atom. The SMILES string of the molecule is CN(C)CCCNc1cc(NCCc2ccc(F)cc2)ncn1. The fraction of sp³-hybridized carbons (Fsp3) is 0.412. The molecular formula is C17H24FN5. The van der Waals surface area contributed by atoms with Crippen molar-refractivity contribution in [3.8, 4) is 0 Å². The van der Waals surface area contributed by atoms with Crippen LogP contribution < -0.4 is 10.6 Å². The number of hydrogen-bond acceptors (Lipinski definition) is 5. The van der Waals surface area contributed by atoms with Crippen molar-refractivity contribution in [2.45, 2.75) is 12.8 Å². The molecule has 1 aromatic carbocycles. The van der Waals surface area contributed by atoms with E-state index in [4.69, 9.17) is 0 Å². The molecule has 5 nitrogen and oxygen atoms in total. The van der Waals surface area contributed by atoms with Crippen molar-refractivity contribution in [3.63, 3.8) is 0 Å². The molecule has 0 aliphatic rings. The van der Waals surface area contributed by atoms with Crippen LogP contribution in [0.2, 0.25) is 0 Å². The van der Waals surface area contributed by atoms with Crippen LogP contribution in [0.15, 0.2) is 36.7 Å². The van der Waals surface area contributed by atoms with E-state index in [1.807, 2.05) is 6.07 Å². The summed E-state index contributed by atoms with van der Waals surface area (Å²) in [6, 6.07) is 8.47. The number of benzene rings is 1. The number of anilines is 2. The Hall–Kier alpha value is -2.21.